The van der Waals surface area contributed by atoms with Crippen molar-refractivity contribution < 1.29 is 9.84 Å². The van der Waals surface area contributed by atoms with Crippen molar-refractivity contribution in [2.24, 2.45) is 0 Å². The zero-order valence-corrected chi connectivity index (χ0v) is 22.7. The number of likely N-dealkylation sites (tertiary alicyclic amines) is 1. The fourth-order valence-corrected chi connectivity index (χ4v) is 5.66. The summed E-state index contributed by atoms with van der Waals surface area (Å²) in [5, 5.41) is 19.2. The SMILES string of the molecule is Oc1cncc(-c2nc(N3CCOCC3)c3nnn(C4CCN(Cc5ccc(-c6ccncc6)cc5)CC4)c3n2)c1. The van der Waals surface area contributed by atoms with Gasteiger partial charge in [0.25, 0.3) is 0 Å². The number of aromatic hydroxyl groups is 1. The topological polar surface area (TPSA) is 118 Å². The van der Waals surface area contributed by atoms with Gasteiger partial charge in [0.05, 0.1) is 25.5 Å². The number of rotatable bonds is 6. The van der Waals surface area contributed by atoms with Crippen molar-refractivity contribution in [3.05, 3.63) is 72.8 Å². The number of hydrogen-bond acceptors (Lipinski definition) is 10. The summed E-state index contributed by atoms with van der Waals surface area (Å²) in [5.74, 6) is 1.32. The summed E-state index contributed by atoms with van der Waals surface area (Å²) in [6, 6.07) is 14.7. The molecule has 0 saturated carbocycles. The summed E-state index contributed by atoms with van der Waals surface area (Å²) in [6.07, 6.45) is 8.62. The number of anilines is 1. The highest BCUT2D eigenvalue weighted by molar-refractivity contribution is 5.85. The second-order valence-corrected chi connectivity index (χ2v) is 10.5. The number of nitrogens with zero attached hydrogens (tertiary/aromatic N) is 9. The van der Waals surface area contributed by atoms with E-state index in [1.807, 2.05) is 29.2 Å². The molecule has 208 valence electrons. The van der Waals surface area contributed by atoms with Crippen LogP contribution in [-0.2, 0) is 11.3 Å². The van der Waals surface area contributed by atoms with Crippen molar-refractivity contribution in [1.82, 2.24) is 39.8 Å². The van der Waals surface area contributed by atoms with Gasteiger partial charge in [-0.05, 0) is 47.7 Å². The van der Waals surface area contributed by atoms with Crippen molar-refractivity contribution >= 4 is 17.0 Å². The maximum Gasteiger partial charge on any atom is 0.184 e. The van der Waals surface area contributed by atoms with Crippen LogP contribution in [0.3, 0.4) is 0 Å². The lowest BCUT2D eigenvalue weighted by Crippen LogP contribution is -2.37. The molecular formula is C30H31N9O2. The fraction of sp³-hybridized carbons (Fsp3) is 0.333. The van der Waals surface area contributed by atoms with Gasteiger partial charge >= 0.3 is 0 Å². The van der Waals surface area contributed by atoms with Crippen molar-refractivity contribution in [2.45, 2.75) is 25.4 Å². The van der Waals surface area contributed by atoms with E-state index in [1.165, 1.54) is 22.9 Å². The van der Waals surface area contributed by atoms with Gasteiger partial charge in [-0.3, -0.25) is 14.9 Å². The van der Waals surface area contributed by atoms with Crippen LogP contribution in [-0.4, -0.2) is 84.3 Å². The van der Waals surface area contributed by atoms with Gasteiger partial charge in [-0.25, -0.2) is 14.6 Å². The molecule has 4 aromatic heterocycles. The Morgan fingerprint density at radius 2 is 1.59 bits per heavy atom. The van der Waals surface area contributed by atoms with E-state index in [1.54, 1.807) is 12.3 Å². The molecule has 0 atom stereocenters. The molecular weight excluding hydrogens is 518 g/mol. The van der Waals surface area contributed by atoms with Gasteiger partial charge in [-0.15, -0.1) is 5.10 Å². The fourth-order valence-electron chi connectivity index (χ4n) is 5.66. The third kappa shape index (κ3) is 5.33. The van der Waals surface area contributed by atoms with Crippen LogP contribution in [0.4, 0.5) is 5.82 Å². The lowest BCUT2D eigenvalue weighted by Gasteiger charge is -2.32. The van der Waals surface area contributed by atoms with Crippen LogP contribution in [0.25, 0.3) is 33.7 Å². The molecule has 2 aliphatic rings. The van der Waals surface area contributed by atoms with Crippen molar-refractivity contribution in [1.29, 1.82) is 0 Å². The molecule has 0 bridgehead atoms. The molecule has 2 saturated heterocycles. The minimum atomic E-state index is 0.0742. The normalized spacial score (nSPS) is 16.8. The molecule has 0 aliphatic carbocycles. The molecule has 0 spiro atoms. The van der Waals surface area contributed by atoms with Gasteiger partial charge in [0.2, 0.25) is 0 Å². The maximum absolute atomic E-state index is 10.0. The lowest BCUT2D eigenvalue weighted by atomic mass is 10.0. The van der Waals surface area contributed by atoms with Gasteiger partial charge in [0.1, 0.15) is 5.75 Å². The zero-order chi connectivity index (χ0) is 27.6. The van der Waals surface area contributed by atoms with Crippen LogP contribution in [0.2, 0.25) is 0 Å². The maximum atomic E-state index is 10.0. The first kappa shape index (κ1) is 25.5. The predicted molar refractivity (Wildman–Crippen MR) is 154 cm³/mol. The largest absolute Gasteiger partial charge is 0.506 e. The first-order valence-corrected chi connectivity index (χ1v) is 14.0. The van der Waals surface area contributed by atoms with Crippen LogP contribution in [0, 0.1) is 0 Å². The molecule has 1 N–H and O–H groups in total. The second-order valence-electron chi connectivity index (χ2n) is 10.5. The first-order chi connectivity index (χ1) is 20.2. The van der Waals surface area contributed by atoms with E-state index in [-0.39, 0.29) is 11.8 Å². The third-order valence-corrected chi connectivity index (χ3v) is 7.87. The minimum Gasteiger partial charge on any atom is -0.506 e. The quantitative estimate of drug-likeness (QED) is 0.336. The molecule has 0 amide bonds. The van der Waals surface area contributed by atoms with Gasteiger partial charge in [0, 0.05) is 56.9 Å². The van der Waals surface area contributed by atoms with Crippen LogP contribution in [0.1, 0.15) is 24.4 Å². The summed E-state index contributed by atoms with van der Waals surface area (Å²) in [5.41, 5.74) is 5.74. The molecule has 0 radical (unpaired) electrons. The van der Waals surface area contributed by atoms with E-state index in [2.05, 4.69) is 54.3 Å². The van der Waals surface area contributed by atoms with Crippen molar-refractivity contribution in [3.63, 3.8) is 0 Å². The van der Waals surface area contributed by atoms with E-state index in [0.29, 0.717) is 35.8 Å². The molecule has 1 aromatic carbocycles. The van der Waals surface area contributed by atoms with E-state index < -0.39 is 0 Å². The lowest BCUT2D eigenvalue weighted by molar-refractivity contribution is 0.122. The smallest absolute Gasteiger partial charge is 0.184 e. The number of aromatic nitrogens is 7. The van der Waals surface area contributed by atoms with Gasteiger partial charge in [-0.1, -0.05) is 29.5 Å². The molecule has 41 heavy (non-hydrogen) atoms. The van der Waals surface area contributed by atoms with Crippen LogP contribution >= 0.6 is 0 Å². The molecule has 2 aliphatic heterocycles. The third-order valence-electron chi connectivity index (χ3n) is 7.87. The Hall–Kier alpha value is -4.48. The number of pyridine rings is 2. The summed E-state index contributed by atoms with van der Waals surface area (Å²) in [4.78, 5) is 22.7. The highest BCUT2D eigenvalue weighted by Crippen LogP contribution is 2.31. The number of morpholine rings is 1. The summed E-state index contributed by atoms with van der Waals surface area (Å²) >= 11 is 0. The Bertz CT molecular complexity index is 1630. The standard InChI is InChI=1S/C30H31N9O2/c40-26-17-24(18-32-19-26)28-33-29(38-13-15-41-16-14-38)27-30(34-28)39(36-35-27)25-7-11-37(12-8-25)20-21-1-3-22(4-2-21)23-5-9-31-10-6-23/h1-6,9-10,17-19,25,40H,7-8,11-16,20H2. The highest BCUT2D eigenvalue weighted by atomic mass is 16.5. The predicted octanol–water partition coefficient (Wildman–Crippen LogP) is 3.72. The Morgan fingerprint density at radius 1 is 0.829 bits per heavy atom. The first-order valence-electron chi connectivity index (χ1n) is 14.0. The van der Waals surface area contributed by atoms with Crippen molar-refractivity contribution in [2.75, 3.05) is 44.3 Å². The van der Waals surface area contributed by atoms with Crippen molar-refractivity contribution in [3.8, 4) is 28.3 Å². The molecule has 2 fully saturated rings. The second kappa shape index (κ2) is 11.2. The van der Waals surface area contributed by atoms with Crippen LogP contribution in [0.15, 0.2) is 67.3 Å². The number of ether oxygens (including phenoxy) is 1. The Labute approximate surface area is 237 Å². The average Bonchev–Trinajstić information content (AvgIpc) is 3.46. The number of piperidine rings is 1. The van der Waals surface area contributed by atoms with Gasteiger partial charge in [-0.2, -0.15) is 0 Å². The number of benzene rings is 1. The minimum absolute atomic E-state index is 0.0742. The van der Waals surface area contributed by atoms with E-state index in [0.717, 1.165) is 51.4 Å². The molecule has 0 unspecified atom stereocenters. The average molecular weight is 550 g/mol. The highest BCUT2D eigenvalue weighted by Gasteiger charge is 2.27. The van der Waals surface area contributed by atoms with Gasteiger partial charge < -0.3 is 14.7 Å². The van der Waals surface area contributed by atoms with E-state index >= 15 is 0 Å². The molecule has 11 nitrogen and oxygen atoms in total. The number of fused-ring (bicyclic) bond motifs is 1. The molecule has 7 rings (SSSR count). The molecule has 11 heteroatoms. The Kier molecular flexibility index (Phi) is 6.95. The zero-order valence-electron chi connectivity index (χ0n) is 22.7. The molecule has 6 heterocycles. The van der Waals surface area contributed by atoms with E-state index in [9.17, 15) is 5.11 Å². The molecule has 5 aromatic rings. The summed E-state index contributed by atoms with van der Waals surface area (Å²) in [6.45, 7) is 5.55. The number of hydrogen-bond donors (Lipinski definition) is 1. The Morgan fingerprint density at radius 3 is 2.34 bits per heavy atom. The summed E-state index contributed by atoms with van der Waals surface area (Å²) < 4.78 is 7.54. The monoisotopic (exact) mass is 549 g/mol. The van der Waals surface area contributed by atoms with E-state index in [4.69, 9.17) is 14.7 Å². The van der Waals surface area contributed by atoms with Gasteiger partial charge in [0.15, 0.2) is 22.8 Å². The van der Waals surface area contributed by atoms with Crippen LogP contribution < -0.4 is 4.90 Å². The summed E-state index contributed by atoms with van der Waals surface area (Å²) in [7, 11) is 0. The van der Waals surface area contributed by atoms with Crippen LogP contribution in [0.5, 0.6) is 5.75 Å². The Balaban J connectivity index is 1.11.